The van der Waals surface area contributed by atoms with Crippen LogP contribution in [-0.2, 0) is 4.79 Å². The second-order valence-corrected chi connectivity index (χ2v) is 10.1. The van der Waals surface area contributed by atoms with Crippen LogP contribution in [0.15, 0.2) is 58.1 Å². The highest BCUT2D eigenvalue weighted by Crippen LogP contribution is 2.36. The Kier molecular flexibility index (Phi) is 7.92. The molecule has 5 rings (SSSR count). The third kappa shape index (κ3) is 5.95. The van der Waals surface area contributed by atoms with E-state index in [1.165, 1.54) is 67.4 Å². The van der Waals surface area contributed by atoms with Crippen LogP contribution in [0.1, 0.15) is 37.7 Å². The summed E-state index contributed by atoms with van der Waals surface area (Å²) >= 11 is 1.40. The number of nitrogens with zero attached hydrogens (tertiary/aromatic N) is 4. The number of hydrogen-bond acceptors (Lipinski definition) is 9. The van der Waals surface area contributed by atoms with Crippen molar-refractivity contribution in [1.82, 2.24) is 5.01 Å². The van der Waals surface area contributed by atoms with Crippen molar-refractivity contribution in [2.75, 3.05) is 20.3 Å². The van der Waals surface area contributed by atoms with E-state index >= 15 is 0 Å². The van der Waals surface area contributed by atoms with Gasteiger partial charge in [0.25, 0.3) is 11.6 Å². The van der Waals surface area contributed by atoms with Gasteiger partial charge >= 0.3 is 0 Å². The van der Waals surface area contributed by atoms with Crippen molar-refractivity contribution in [1.29, 1.82) is 5.41 Å². The second-order valence-electron chi connectivity index (χ2n) is 9.15. The maximum Gasteiger partial charge on any atom is 0.283 e. The number of carbonyl (C=O) groups excluding carboxylic acids is 1. The Morgan fingerprint density at radius 3 is 2.56 bits per heavy atom. The largest absolute Gasteiger partial charge is 0.493 e. The Morgan fingerprint density at radius 1 is 1.10 bits per heavy atom. The molecule has 0 radical (unpaired) electrons. The quantitative estimate of drug-likeness (QED) is 0.193. The van der Waals surface area contributed by atoms with Crippen LogP contribution < -0.4 is 14.2 Å². The fraction of sp³-hybridized carbons (Fsp3) is 0.333. The number of thioether (sulfide) groups is 1. The predicted octanol–water partition coefficient (Wildman–Crippen LogP) is 5.26. The number of amidine groups is 2. The Bertz CT molecular complexity index is 1380. The summed E-state index contributed by atoms with van der Waals surface area (Å²) in [7, 11) is 1.51. The molecule has 0 unspecified atom stereocenters. The minimum Gasteiger partial charge on any atom is -0.493 e. The summed E-state index contributed by atoms with van der Waals surface area (Å²) in [5.41, 5.74) is 0.795. The smallest absolute Gasteiger partial charge is 0.283 e. The minimum atomic E-state index is -0.471. The first-order chi connectivity index (χ1) is 18.9. The Morgan fingerprint density at radius 2 is 1.85 bits per heavy atom. The molecule has 2 aliphatic heterocycles. The lowest BCUT2D eigenvalue weighted by Gasteiger charge is -2.20. The normalized spacial score (nSPS) is 18.5. The Balaban J connectivity index is 1.23. The first-order valence-electron chi connectivity index (χ1n) is 12.6. The molecule has 11 nitrogen and oxygen atoms in total. The van der Waals surface area contributed by atoms with Gasteiger partial charge in [0, 0.05) is 18.1 Å². The van der Waals surface area contributed by atoms with Crippen LogP contribution in [0, 0.1) is 21.4 Å². The number of benzene rings is 2. The van der Waals surface area contributed by atoms with Crippen LogP contribution in [0.4, 0.5) is 5.69 Å². The van der Waals surface area contributed by atoms with E-state index in [0.29, 0.717) is 33.9 Å². The van der Waals surface area contributed by atoms with Gasteiger partial charge in [0.1, 0.15) is 24.0 Å². The van der Waals surface area contributed by atoms with E-state index in [1.54, 1.807) is 24.3 Å². The molecule has 0 bridgehead atoms. The summed E-state index contributed by atoms with van der Waals surface area (Å²) < 4.78 is 16.8. The monoisotopic (exact) mass is 549 g/mol. The fourth-order valence-electron chi connectivity index (χ4n) is 4.56. The summed E-state index contributed by atoms with van der Waals surface area (Å²) in [6.07, 6.45) is 7.35. The molecule has 0 saturated heterocycles. The zero-order valence-corrected chi connectivity index (χ0v) is 22.1. The molecule has 1 N–H and O–H groups in total. The standard InChI is InChI=1S/C27H27N5O6S/c1-36-23-16-17(7-12-22(23)38-14-13-37-20-10-8-19(9-11-20)32(34)35)15-21-24(28)31-27(29-25(21)33)39-26(30-31)18-5-3-2-4-6-18/h7-12,15-16,18,28H,2-6,13-14H2,1H3. The van der Waals surface area contributed by atoms with E-state index in [4.69, 9.17) is 19.6 Å². The highest BCUT2D eigenvalue weighted by atomic mass is 32.2. The number of methoxy groups -OCH3 is 1. The molecule has 3 aliphatic rings. The van der Waals surface area contributed by atoms with Crippen molar-refractivity contribution in [2.24, 2.45) is 16.0 Å². The molecule has 2 aromatic carbocycles. The Hall–Kier alpha value is -4.19. The summed E-state index contributed by atoms with van der Waals surface area (Å²) in [6, 6.07) is 11.0. The molecular weight excluding hydrogens is 522 g/mol. The number of hydrogen-bond donors (Lipinski definition) is 1. The number of rotatable bonds is 9. The third-order valence-corrected chi connectivity index (χ3v) is 7.65. The lowest BCUT2D eigenvalue weighted by atomic mass is 9.90. The van der Waals surface area contributed by atoms with E-state index in [1.807, 2.05) is 0 Å². The molecule has 0 atom stereocenters. The van der Waals surface area contributed by atoms with Gasteiger partial charge in [-0.1, -0.05) is 25.3 Å². The van der Waals surface area contributed by atoms with Gasteiger partial charge in [0.2, 0.25) is 5.17 Å². The van der Waals surface area contributed by atoms with Crippen LogP contribution in [0.5, 0.6) is 17.2 Å². The van der Waals surface area contributed by atoms with Gasteiger partial charge in [0.05, 0.1) is 17.6 Å². The zero-order chi connectivity index (χ0) is 27.4. The lowest BCUT2D eigenvalue weighted by molar-refractivity contribution is -0.384. The SMILES string of the molecule is COc1cc(C=C2C(=N)N3N=C(C4CCCCC4)SC3=NC2=O)ccc1OCCOc1ccc([N+](=O)[O-])cc1. The first kappa shape index (κ1) is 26.4. The topological polar surface area (TPSA) is 140 Å². The highest BCUT2D eigenvalue weighted by molar-refractivity contribution is 8.27. The molecule has 1 fully saturated rings. The average molecular weight is 550 g/mol. The molecule has 1 saturated carbocycles. The van der Waals surface area contributed by atoms with Crippen molar-refractivity contribution in [3.8, 4) is 17.2 Å². The molecular formula is C27H27N5O6S. The maximum atomic E-state index is 12.8. The van der Waals surface area contributed by atoms with Gasteiger partial charge in [-0.05, 0) is 60.5 Å². The number of fused-ring (bicyclic) bond motifs is 1. The minimum absolute atomic E-state index is 0.00555. The van der Waals surface area contributed by atoms with Crippen LogP contribution in [-0.4, -0.2) is 52.2 Å². The molecule has 0 spiro atoms. The van der Waals surface area contributed by atoms with Crippen LogP contribution in [0.2, 0.25) is 0 Å². The number of amides is 1. The van der Waals surface area contributed by atoms with Crippen LogP contribution >= 0.6 is 11.8 Å². The lowest BCUT2D eigenvalue weighted by Crippen LogP contribution is -2.35. The molecule has 2 heterocycles. The van der Waals surface area contributed by atoms with E-state index in [0.717, 1.165) is 17.9 Å². The summed E-state index contributed by atoms with van der Waals surface area (Å²) in [5.74, 6) is 1.33. The zero-order valence-electron chi connectivity index (χ0n) is 21.3. The summed E-state index contributed by atoms with van der Waals surface area (Å²) in [6.45, 7) is 0.429. The number of nitro groups is 1. The third-order valence-electron chi connectivity index (χ3n) is 6.58. The molecule has 39 heavy (non-hydrogen) atoms. The van der Waals surface area contributed by atoms with E-state index in [9.17, 15) is 14.9 Å². The van der Waals surface area contributed by atoms with Crippen molar-refractivity contribution < 1.29 is 23.9 Å². The maximum absolute atomic E-state index is 12.8. The van der Waals surface area contributed by atoms with Crippen molar-refractivity contribution >= 4 is 45.5 Å². The summed E-state index contributed by atoms with van der Waals surface area (Å²) in [5, 5.41) is 26.9. The van der Waals surface area contributed by atoms with Crippen molar-refractivity contribution in [3.05, 3.63) is 63.7 Å². The van der Waals surface area contributed by atoms with Gasteiger partial charge in [0.15, 0.2) is 17.3 Å². The summed E-state index contributed by atoms with van der Waals surface area (Å²) in [4.78, 5) is 27.3. The average Bonchev–Trinajstić information content (AvgIpc) is 3.38. The van der Waals surface area contributed by atoms with Crippen molar-refractivity contribution in [3.63, 3.8) is 0 Å². The van der Waals surface area contributed by atoms with Crippen LogP contribution in [0.3, 0.4) is 0 Å². The van der Waals surface area contributed by atoms with E-state index in [-0.39, 0.29) is 30.3 Å². The number of carbonyl (C=O) groups is 1. The highest BCUT2D eigenvalue weighted by Gasteiger charge is 2.38. The number of aliphatic imine (C=N–C) groups is 1. The van der Waals surface area contributed by atoms with Gasteiger partial charge in [-0.25, -0.2) is 0 Å². The van der Waals surface area contributed by atoms with Gasteiger partial charge in [-0.2, -0.15) is 15.1 Å². The second kappa shape index (κ2) is 11.7. The predicted molar refractivity (Wildman–Crippen MR) is 149 cm³/mol. The number of nitrogens with one attached hydrogen (secondary N) is 1. The van der Waals surface area contributed by atoms with E-state index < -0.39 is 10.8 Å². The van der Waals surface area contributed by atoms with Crippen molar-refractivity contribution in [2.45, 2.75) is 32.1 Å². The molecule has 1 aliphatic carbocycles. The van der Waals surface area contributed by atoms with Gasteiger partial charge < -0.3 is 14.2 Å². The van der Waals surface area contributed by atoms with E-state index in [2.05, 4.69) is 10.1 Å². The molecule has 2 aromatic rings. The Labute approximate surface area is 229 Å². The fourth-order valence-corrected chi connectivity index (χ4v) is 5.62. The number of ether oxygens (including phenoxy) is 3. The number of nitro benzene ring substituents is 1. The van der Waals surface area contributed by atoms with Gasteiger partial charge in [-0.3, -0.25) is 20.3 Å². The first-order valence-corrected chi connectivity index (χ1v) is 13.4. The molecule has 12 heteroatoms. The van der Waals surface area contributed by atoms with Gasteiger partial charge in [-0.15, -0.1) is 0 Å². The molecule has 0 aromatic heterocycles. The number of hydrazone groups is 1. The number of non-ortho nitro benzene ring substituents is 1. The van der Waals surface area contributed by atoms with Crippen LogP contribution in [0.25, 0.3) is 6.08 Å². The molecule has 1 amide bonds. The molecule has 202 valence electrons.